The van der Waals surface area contributed by atoms with E-state index in [0.717, 1.165) is 25.1 Å². The molecule has 1 saturated carbocycles. The predicted molar refractivity (Wildman–Crippen MR) is 114 cm³/mol. The monoisotopic (exact) mass is 451 g/mol. The lowest BCUT2D eigenvalue weighted by Crippen LogP contribution is -2.36. The zero-order valence-electron chi connectivity index (χ0n) is 18.2. The zero-order valence-corrected chi connectivity index (χ0v) is 18.2. The van der Waals surface area contributed by atoms with Gasteiger partial charge in [0.25, 0.3) is 0 Å². The summed E-state index contributed by atoms with van der Waals surface area (Å²) in [5, 5.41) is 6.09. The van der Waals surface area contributed by atoms with Gasteiger partial charge in [-0.3, -0.25) is 4.79 Å². The number of ether oxygens (including phenoxy) is 1. The molecule has 7 nitrogen and oxygen atoms in total. The Kier molecular flexibility index (Phi) is 7.89. The number of hydrogen-bond donors (Lipinski definition) is 2. The number of benzene rings is 1. The Hall–Kier alpha value is -2.88. The van der Waals surface area contributed by atoms with Gasteiger partial charge in [0.05, 0.1) is 5.69 Å². The average Bonchev–Trinajstić information content (AvgIpc) is 2.72. The van der Waals surface area contributed by atoms with Crippen molar-refractivity contribution in [3.8, 4) is 5.75 Å². The van der Waals surface area contributed by atoms with Crippen LogP contribution in [0.2, 0.25) is 0 Å². The molecule has 0 unspecified atom stereocenters. The first-order chi connectivity index (χ1) is 15.2. The number of nitrogens with one attached hydrogen (secondary N) is 2. The van der Waals surface area contributed by atoms with E-state index in [9.17, 15) is 18.0 Å². The van der Waals surface area contributed by atoms with Crippen molar-refractivity contribution in [2.45, 2.75) is 51.2 Å². The summed E-state index contributed by atoms with van der Waals surface area (Å²) in [6.45, 7) is 0.705. The van der Waals surface area contributed by atoms with Crippen molar-refractivity contribution in [3.05, 3.63) is 47.8 Å². The molecule has 3 rings (SSSR count). The van der Waals surface area contributed by atoms with Crippen LogP contribution in [0.4, 0.5) is 19.1 Å². The second-order valence-corrected chi connectivity index (χ2v) is 8.18. The van der Waals surface area contributed by atoms with Gasteiger partial charge in [0, 0.05) is 36.8 Å². The molecule has 1 aliphatic carbocycles. The van der Waals surface area contributed by atoms with Gasteiger partial charge in [0.2, 0.25) is 11.9 Å². The topological polar surface area (TPSA) is 79.4 Å². The number of carbonyl (C=O) groups is 1. The predicted octanol–water partition coefficient (Wildman–Crippen LogP) is 3.72. The van der Waals surface area contributed by atoms with E-state index in [1.807, 2.05) is 25.1 Å². The maximum Gasteiger partial charge on any atom is 0.573 e. The van der Waals surface area contributed by atoms with Gasteiger partial charge < -0.3 is 20.3 Å². The number of rotatable bonds is 8. The molecule has 10 heteroatoms. The molecule has 1 amide bonds. The van der Waals surface area contributed by atoms with E-state index in [1.54, 1.807) is 12.3 Å². The Morgan fingerprint density at radius 1 is 1.16 bits per heavy atom. The van der Waals surface area contributed by atoms with Crippen LogP contribution in [0.15, 0.2) is 36.5 Å². The van der Waals surface area contributed by atoms with E-state index in [1.165, 1.54) is 18.2 Å². The van der Waals surface area contributed by atoms with Crippen molar-refractivity contribution in [1.82, 2.24) is 20.2 Å². The Morgan fingerprint density at radius 2 is 1.88 bits per heavy atom. The lowest BCUT2D eigenvalue weighted by atomic mass is 9.85. The van der Waals surface area contributed by atoms with Gasteiger partial charge in [-0.05, 0) is 51.9 Å². The second-order valence-electron chi connectivity index (χ2n) is 8.18. The van der Waals surface area contributed by atoms with Crippen LogP contribution in [-0.2, 0) is 17.9 Å². The van der Waals surface area contributed by atoms with E-state index in [0.29, 0.717) is 18.8 Å². The molecule has 2 aromatic rings. The fourth-order valence-electron chi connectivity index (χ4n) is 3.76. The third-order valence-electron chi connectivity index (χ3n) is 5.27. The first-order valence-electron chi connectivity index (χ1n) is 10.5. The Morgan fingerprint density at radius 3 is 2.56 bits per heavy atom. The fraction of sp³-hybridized carbons (Fsp3) is 0.500. The Labute approximate surface area is 185 Å². The number of nitrogens with zero attached hydrogens (tertiary/aromatic N) is 3. The van der Waals surface area contributed by atoms with Crippen LogP contribution in [0, 0.1) is 5.92 Å². The van der Waals surface area contributed by atoms with Crippen molar-refractivity contribution in [2.24, 2.45) is 5.92 Å². The summed E-state index contributed by atoms with van der Waals surface area (Å²) < 4.78 is 41.7. The lowest BCUT2D eigenvalue weighted by molar-refractivity contribution is -0.274. The summed E-state index contributed by atoms with van der Waals surface area (Å²) in [6.07, 6.45) is -0.113. The number of para-hydroxylation sites is 1. The maximum absolute atomic E-state index is 12.6. The summed E-state index contributed by atoms with van der Waals surface area (Å²) in [4.78, 5) is 23.4. The summed E-state index contributed by atoms with van der Waals surface area (Å²) in [6, 6.07) is 7.87. The number of halogens is 3. The molecule has 174 valence electrons. The SMILES string of the molecule is CN(C)Cc1ccnc(N[C@H]2CC[C@@H](C(=O)NCc3ccccc3OC(F)(F)F)CC2)n1. The number of anilines is 1. The van der Waals surface area contributed by atoms with Crippen LogP contribution in [0.5, 0.6) is 5.75 Å². The van der Waals surface area contributed by atoms with Gasteiger partial charge in [0.15, 0.2) is 0 Å². The van der Waals surface area contributed by atoms with Crippen LogP contribution in [-0.4, -0.2) is 47.3 Å². The fourth-order valence-corrected chi connectivity index (χ4v) is 3.76. The quantitative estimate of drug-likeness (QED) is 0.637. The third kappa shape index (κ3) is 7.37. The largest absolute Gasteiger partial charge is 0.573 e. The van der Waals surface area contributed by atoms with E-state index >= 15 is 0 Å². The van der Waals surface area contributed by atoms with Crippen LogP contribution in [0.1, 0.15) is 36.9 Å². The van der Waals surface area contributed by atoms with E-state index in [-0.39, 0.29) is 35.7 Å². The minimum Gasteiger partial charge on any atom is -0.405 e. The number of aromatic nitrogens is 2. The van der Waals surface area contributed by atoms with Gasteiger partial charge >= 0.3 is 6.36 Å². The summed E-state index contributed by atoms with van der Waals surface area (Å²) in [5.41, 5.74) is 1.21. The van der Waals surface area contributed by atoms with Gasteiger partial charge in [-0.25, -0.2) is 9.97 Å². The molecule has 2 N–H and O–H groups in total. The molecule has 0 saturated heterocycles. The van der Waals surface area contributed by atoms with E-state index in [2.05, 4.69) is 25.3 Å². The number of alkyl halides is 3. The minimum atomic E-state index is -4.78. The normalized spacial score (nSPS) is 18.9. The molecule has 0 atom stereocenters. The van der Waals surface area contributed by atoms with Crippen molar-refractivity contribution >= 4 is 11.9 Å². The smallest absolute Gasteiger partial charge is 0.405 e. The zero-order chi connectivity index (χ0) is 23.1. The van der Waals surface area contributed by atoms with Crippen molar-refractivity contribution < 1.29 is 22.7 Å². The highest BCUT2D eigenvalue weighted by Crippen LogP contribution is 2.28. The summed E-state index contributed by atoms with van der Waals surface area (Å²) in [5.74, 6) is -0.0533. The highest BCUT2D eigenvalue weighted by atomic mass is 19.4. The number of carbonyl (C=O) groups excluding carboxylic acids is 1. The van der Waals surface area contributed by atoms with Gasteiger partial charge in [-0.2, -0.15) is 0 Å². The van der Waals surface area contributed by atoms with Crippen LogP contribution >= 0.6 is 0 Å². The van der Waals surface area contributed by atoms with Gasteiger partial charge in [-0.15, -0.1) is 13.2 Å². The first-order valence-corrected chi connectivity index (χ1v) is 10.5. The first kappa shape index (κ1) is 23.8. The Bertz CT molecular complexity index is 899. The molecule has 1 heterocycles. The molecule has 0 aliphatic heterocycles. The standard InChI is InChI=1S/C22H28F3N5O2/c1-30(2)14-18-11-12-26-21(29-18)28-17-9-7-15(8-10-17)20(31)27-13-16-5-3-4-6-19(16)32-22(23,24)25/h3-6,11-12,15,17H,7-10,13-14H2,1-2H3,(H,27,31)(H,26,28,29)/t15-,17+. The molecule has 0 bridgehead atoms. The number of amides is 1. The molecule has 1 aromatic carbocycles. The molecule has 32 heavy (non-hydrogen) atoms. The van der Waals surface area contributed by atoms with E-state index < -0.39 is 6.36 Å². The summed E-state index contributed by atoms with van der Waals surface area (Å²) in [7, 11) is 3.95. The molecule has 1 aromatic heterocycles. The molecule has 1 fully saturated rings. The van der Waals surface area contributed by atoms with Crippen LogP contribution in [0.25, 0.3) is 0 Å². The average molecular weight is 451 g/mol. The highest BCUT2D eigenvalue weighted by molar-refractivity contribution is 5.78. The minimum absolute atomic E-state index is 0.0181. The molecular weight excluding hydrogens is 423 g/mol. The Balaban J connectivity index is 1.47. The third-order valence-corrected chi connectivity index (χ3v) is 5.27. The molecule has 1 aliphatic rings. The van der Waals surface area contributed by atoms with Gasteiger partial charge in [-0.1, -0.05) is 18.2 Å². The summed E-state index contributed by atoms with van der Waals surface area (Å²) >= 11 is 0. The van der Waals surface area contributed by atoms with Crippen LogP contribution < -0.4 is 15.4 Å². The number of hydrogen-bond acceptors (Lipinski definition) is 6. The van der Waals surface area contributed by atoms with Gasteiger partial charge in [0.1, 0.15) is 5.75 Å². The molecular formula is C22H28F3N5O2. The maximum atomic E-state index is 12.6. The second kappa shape index (κ2) is 10.6. The lowest BCUT2D eigenvalue weighted by Gasteiger charge is -2.28. The highest BCUT2D eigenvalue weighted by Gasteiger charge is 2.32. The molecule has 0 spiro atoms. The van der Waals surface area contributed by atoms with E-state index in [4.69, 9.17) is 0 Å². The van der Waals surface area contributed by atoms with Crippen molar-refractivity contribution in [3.63, 3.8) is 0 Å². The van der Waals surface area contributed by atoms with Crippen LogP contribution in [0.3, 0.4) is 0 Å². The van der Waals surface area contributed by atoms with Crippen molar-refractivity contribution in [2.75, 3.05) is 19.4 Å². The van der Waals surface area contributed by atoms with Crippen molar-refractivity contribution in [1.29, 1.82) is 0 Å². The molecule has 0 radical (unpaired) electrons.